The first-order valence-electron chi connectivity index (χ1n) is 6.98. The number of carbonyl (C=O) groups excluding carboxylic acids is 3. The summed E-state index contributed by atoms with van der Waals surface area (Å²) in [4.78, 5) is 37.0. The average Bonchev–Trinajstić information content (AvgIpc) is 2.83. The third kappa shape index (κ3) is 2.31. The van der Waals surface area contributed by atoms with Gasteiger partial charge in [-0.25, -0.2) is 0 Å². The summed E-state index contributed by atoms with van der Waals surface area (Å²) in [6.45, 7) is 3.42. The number of β-lactam (4-membered cyclic amide) rings is 1. The number of hydrogen-bond acceptors (Lipinski definition) is 6. The van der Waals surface area contributed by atoms with E-state index in [4.69, 9.17) is 0 Å². The Morgan fingerprint density at radius 2 is 2.13 bits per heavy atom. The highest BCUT2D eigenvalue weighted by molar-refractivity contribution is 8.00. The second-order valence-electron chi connectivity index (χ2n) is 5.54. The van der Waals surface area contributed by atoms with Gasteiger partial charge in [0.2, 0.25) is 0 Å². The van der Waals surface area contributed by atoms with E-state index < -0.39 is 29.2 Å². The third-order valence-corrected chi connectivity index (χ3v) is 5.54. The SMILES string of the molecule is CC1=C(C(=O)[O-])N2C(=O)C(NC(=O)c3cnn(C)c3C)C2SC1. The van der Waals surface area contributed by atoms with Crippen LogP contribution in [0.1, 0.15) is 23.0 Å². The minimum atomic E-state index is -1.37. The fraction of sp³-hybridized carbons (Fsp3) is 0.429. The van der Waals surface area contributed by atoms with Gasteiger partial charge in [0.1, 0.15) is 11.4 Å². The van der Waals surface area contributed by atoms with Gasteiger partial charge in [0.25, 0.3) is 11.8 Å². The molecule has 0 aromatic carbocycles. The molecule has 23 heavy (non-hydrogen) atoms. The minimum absolute atomic E-state index is 0.0817. The maximum absolute atomic E-state index is 12.3. The van der Waals surface area contributed by atoms with Gasteiger partial charge in [0.15, 0.2) is 0 Å². The number of carbonyl (C=O) groups is 3. The summed E-state index contributed by atoms with van der Waals surface area (Å²) in [7, 11) is 1.72. The Kier molecular flexibility index (Phi) is 3.67. The molecule has 3 heterocycles. The zero-order valence-corrected chi connectivity index (χ0v) is 13.6. The molecule has 1 aromatic rings. The van der Waals surface area contributed by atoms with Gasteiger partial charge in [0.05, 0.1) is 23.4 Å². The maximum Gasteiger partial charge on any atom is 0.255 e. The average molecular weight is 335 g/mol. The van der Waals surface area contributed by atoms with Crippen LogP contribution in [0.15, 0.2) is 17.5 Å². The minimum Gasteiger partial charge on any atom is -0.543 e. The molecule has 1 saturated heterocycles. The van der Waals surface area contributed by atoms with Crippen LogP contribution < -0.4 is 10.4 Å². The van der Waals surface area contributed by atoms with E-state index in [1.165, 1.54) is 22.9 Å². The van der Waals surface area contributed by atoms with Crippen molar-refractivity contribution in [3.05, 3.63) is 28.7 Å². The molecule has 1 N–H and O–H groups in total. The summed E-state index contributed by atoms with van der Waals surface area (Å²) in [5.41, 5.74) is 1.59. The Hall–Kier alpha value is -2.29. The molecule has 2 unspecified atom stereocenters. The number of aliphatic carboxylic acids is 1. The smallest absolute Gasteiger partial charge is 0.255 e. The van der Waals surface area contributed by atoms with Crippen molar-refractivity contribution in [1.29, 1.82) is 0 Å². The second kappa shape index (κ2) is 5.41. The van der Waals surface area contributed by atoms with Crippen molar-refractivity contribution in [3.63, 3.8) is 0 Å². The number of carboxylic acids is 1. The number of hydrogen-bond donors (Lipinski definition) is 1. The Balaban J connectivity index is 1.78. The second-order valence-corrected chi connectivity index (χ2v) is 6.65. The molecule has 2 aliphatic rings. The van der Waals surface area contributed by atoms with Crippen LogP contribution in [0.5, 0.6) is 0 Å². The highest BCUT2D eigenvalue weighted by Crippen LogP contribution is 2.39. The summed E-state index contributed by atoms with van der Waals surface area (Å²) in [5.74, 6) is -1.71. The van der Waals surface area contributed by atoms with Gasteiger partial charge >= 0.3 is 0 Å². The van der Waals surface area contributed by atoms with Crippen LogP contribution in [0.3, 0.4) is 0 Å². The topological polar surface area (TPSA) is 107 Å². The molecule has 8 nitrogen and oxygen atoms in total. The van der Waals surface area contributed by atoms with Gasteiger partial charge in [0, 0.05) is 18.5 Å². The zero-order chi connectivity index (χ0) is 16.9. The highest BCUT2D eigenvalue weighted by atomic mass is 32.2. The van der Waals surface area contributed by atoms with Crippen LogP contribution in [-0.2, 0) is 16.6 Å². The number of nitrogens with one attached hydrogen (secondary N) is 1. The van der Waals surface area contributed by atoms with Gasteiger partial charge in [-0.1, -0.05) is 0 Å². The van der Waals surface area contributed by atoms with Crippen LogP contribution >= 0.6 is 11.8 Å². The van der Waals surface area contributed by atoms with Gasteiger partial charge in [-0.2, -0.15) is 5.10 Å². The van der Waals surface area contributed by atoms with Crippen LogP contribution in [-0.4, -0.2) is 49.6 Å². The van der Waals surface area contributed by atoms with Crippen LogP contribution in [0.25, 0.3) is 0 Å². The van der Waals surface area contributed by atoms with E-state index in [0.717, 1.165) is 0 Å². The van der Waals surface area contributed by atoms with Crippen molar-refractivity contribution in [2.24, 2.45) is 7.05 Å². The lowest BCUT2D eigenvalue weighted by atomic mass is 10.0. The predicted octanol–water partition coefficient (Wildman–Crippen LogP) is -1.23. The van der Waals surface area contributed by atoms with Crippen LogP contribution in [0, 0.1) is 6.92 Å². The molecule has 1 aromatic heterocycles. The molecule has 9 heteroatoms. The van der Waals surface area contributed by atoms with Crippen molar-refractivity contribution in [3.8, 4) is 0 Å². The molecule has 2 amide bonds. The first kappa shape index (κ1) is 15.6. The van der Waals surface area contributed by atoms with Gasteiger partial charge in [-0.3, -0.25) is 19.2 Å². The molecule has 0 bridgehead atoms. The van der Waals surface area contributed by atoms with Crippen LogP contribution in [0.4, 0.5) is 0 Å². The Bertz CT molecular complexity index is 754. The summed E-state index contributed by atoms with van der Waals surface area (Å²) in [6, 6.07) is -0.741. The fourth-order valence-electron chi connectivity index (χ4n) is 2.70. The number of rotatable bonds is 3. The van der Waals surface area contributed by atoms with E-state index in [-0.39, 0.29) is 5.70 Å². The van der Waals surface area contributed by atoms with E-state index in [1.54, 1.807) is 25.6 Å². The van der Waals surface area contributed by atoms with Crippen molar-refractivity contribution in [2.75, 3.05) is 5.75 Å². The summed E-state index contributed by atoms with van der Waals surface area (Å²) < 4.78 is 1.57. The first-order chi connectivity index (χ1) is 10.8. The lowest BCUT2D eigenvalue weighted by Gasteiger charge is -2.50. The maximum atomic E-state index is 12.3. The Morgan fingerprint density at radius 3 is 2.70 bits per heavy atom. The number of carboxylic acid groups (broad SMARTS) is 1. The van der Waals surface area contributed by atoms with Crippen LogP contribution in [0.2, 0.25) is 0 Å². The number of aryl methyl sites for hydroxylation is 1. The largest absolute Gasteiger partial charge is 0.543 e. The number of fused-ring (bicyclic) bond motifs is 1. The molecule has 1 fully saturated rings. The molecular weight excluding hydrogens is 320 g/mol. The number of aromatic nitrogens is 2. The standard InChI is InChI=1S/C14H16N4O4S/c1-6-5-23-13-9(12(20)18(13)10(6)14(21)22)16-11(19)8-4-15-17(3)7(8)2/h4,9,13H,5H2,1-3H3,(H,16,19)(H,21,22)/p-1. The normalized spacial score (nSPS) is 23.4. The monoisotopic (exact) mass is 335 g/mol. The molecule has 122 valence electrons. The van der Waals surface area contributed by atoms with Gasteiger partial charge in [-0.15, -0.1) is 11.8 Å². The predicted molar refractivity (Wildman–Crippen MR) is 80.0 cm³/mol. The number of thioether (sulfide) groups is 1. The van der Waals surface area contributed by atoms with Gasteiger partial charge in [-0.05, 0) is 19.4 Å². The van der Waals surface area contributed by atoms with E-state index in [9.17, 15) is 19.5 Å². The summed E-state index contributed by atoms with van der Waals surface area (Å²) >= 11 is 1.42. The molecule has 0 radical (unpaired) electrons. The number of nitrogens with zero attached hydrogens (tertiary/aromatic N) is 3. The van der Waals surface area contributed by atoms with Gasteiger partial charge < -0.3 is 15.2 Å². The highest BCUT2D eigenvalue weighted by Gasteiger charge is 2.52. The molecule has 2 atom stereocenters. The molecular formula is C14H15N4O4S-. The fourth-order valence-corrected chi connectivity index (χ4v) is 4.00. The molecule has 3 rings (SSSR count). The Morgan fingerprint density at radius 1 is 1.43 bits per heavy atom. The first-order valence-corrected chi connectivity index (χ1v) is 8.03. The van der Waals surface area contributed by atoms with E-state index in [1.807, 2.05) is 0 Å². The van der Waals surface area contributed by atoms with Crippen molar-refractivity contribution < 1.29 is 19.5 Å². The number of amides is 2. The van der Waals surface area contributed by atoms with E-state index in [2.05, 4.69) is 10.4 Å². The summed E-state index contributed by atoms with van der Waals surface area (Å²) in [6.07, 6.45) is 1.44. The van der Waals surface area contributed by atoms with Crippen molar-refractivity contribution in [1.82, 2.24) is 20.0 Å². The Labute approximate surface area is 136 Å². The van der Waals surface area contributed by atoms with E-state index in [0.29, 0.717) is 22.6 Å². The molecule has 0 aliphatic carbocycles. The molecule has 2 aliphatic heterocycles. The van der Waals surface area contributed by atoms with Crippen molar-refractivity contribution in [2.45, 2.75) is 25.3 Å². The molecule has 0 spiro atoms. The third-order valence-electron chi connectivity index (χ3n) is 4.12. The lowest BCUT2D eigenvalue weighted by Crippen LogP contribution is -2.71. The molecule has 0 saturated carbocycles. The zero-order valence-electron chi connectivity index (χ0n) is 12.8. The lowest BCUT2D eigenvalue weighted by molar-refractivity contribution is -0.301. The quantitative estimate of drug-likeness (QED) is 0.693. The van der Waals surface area contributed by atoms with Crippen molar-refractivity contribution >= 4 is 29.5 Å². The summed E-state index contributed by atoms with van der Waals surface area (Å²) in [5, 5.41) is 17.5. The van der Waals surface area contributed by atoms with E-state index >= 15 is 0 Å².